The van der Waals surface area contributed by atoms with Gasteiger partial charge in [-0.05, 0) is 29.8 Å². The number of rotatable bonds is 4. The quantitative estimate of drug-likeness (QED) is 0.592. The topological polar surface area (TPSA) is 74.1 Å². The molecule has 1 N–H and O–H groups in total. The van der Waals surface area contributed by atoms with Crippen molar-refractivity contribution in [3.05, 3.63) is 95.0 Å². The monoisotopic (exact) mass is 460 g/mol. The third-order valence-corrected chi connectivity index (χ3v) is 6.33. The minimum atomic E-state index is -0.639. The second-order valence-corrected chi connectivity index (χ2v) is 8.52. The summed E-state index contributed by atoms with van der Waals surface area (Å²) in [4.78, 5) is 36.8. The van der Waals surface area contributed by atoms with Crippen molar-refractivity contribution in [3.63, 3.8) is 0 Å². The Kier molecular flexibility index (Phi) is 5.51. The standard InChI is InChI=1S/C24H17ClN4O2S/c25-17-11-5-7-13-19(17)26-20(30)14-32-24-27-18-12-6-4-10-16(18)22-28-21(23(31)29(22)24)15-8-2-1-3-9-15/h1-13,21H,14H2,(H,26,30)/t21-/m1/s1. The minimum absolute atomic E-state index is 0.0687. The van der Waals surface area contributed by atoms with Crippen LogP contribution in [0.15, 0.2) is 88.8 Å². The molecule has 2 aliphatic rings. The van der Waals surface area contributed by atoms with Gasteiger partial charge in [0.2, 0.25) is 5.91 Å². The summed E-state index contributed by atoms with van der Waals surface area (Å²) in [5, 5.41) is 3.69. The number of nitrogens with zero attached hydrogens (tertiary/aromatic N) is 3. The Morgan fingerprint density at radius 3 is 2.53 bits per heavy atom. The smallest absolute Gasteiger partial charge is 0.263 e. The zero-order valence-corrected chi connectivity index (χ0v) is 18.3. The van der Waals surface area contributed by atoms with Crippen LogP contribution in [0.3, 0.4) is 0 Å². The Labute approximate surface area is 194 Å². The fraction of sp³-hybridized carbons (Fsp3) is 0.0833. The van der Waals surface area contributed by atoms with Crippen LogP contribution in [0, 0.1) is 0 Å². The number of aliphatic imine (C=N–C) groups is 2. The molecule has 3 aromatic carbocycles. The number of amides is 2. The van der Waals surface area contributed by atoms with Crippen LogP contribution < -0.4 is 5.32 Å². The Balaban J connectivity index is 1.41. The van der Waals surface area contributed by atoms with Crippen LogP contribution in [0.5, 0.6) is 0 Å². The van der Waals surface area contributed by atoms with E-state index in [1.54, 1.807) is 24.3 Å². The van der Waals surface area contributed by atoms with Crippen molar-refractivity contribution < 1.29 is 9.59 Å². The Hall–Kier alpha value is -3.42. The number of carbonyl (C=O) groups excluding carboxylic acids is 2. The van der Waals surface area contributed by atoms with Gasteiger partial charge in [-0.3, -0.25) is 9.59 Å². The van der Waals surface area contributed by atoms with E-state index in [9.17, 15) is 9.59 Å². The molecule has 0 aliphatic carbocycles. The molecule has 2 heterocycles. The summed E-state index contributed by atoms with van der Waals surface area (Å²) in [6, 6.07) is 23.4. The third-order valence-electron chi connectivity index (χ3n) is 5.07. The Morgan fingerprint density at radius 1 is 1.00 bits per heavy atom. The van der Waals surface area contributed by atoms with E-state index in [4.69, 9.17) is 16.6 Å². The lowest BCUT2D eigenvalue weighted by Gasteiger charge is -2.25. The SMILES string of the molecule is O=C(CSC1=Nc2ccccc2C2=N[C@H](c3ccccc3)C(=O)N12)Nc1ccccc1Cl. The van der Waals surface area contributed by atoms with E-state index in [1.165, 1.54) is 16.7 Å². The number of benzene rings is 3. The van der Waals surface area contributed by atoms with Gasteiger partial charge in [-0.1, -0.05) is 78.0 Å². The van der Waals surface area contributed by atoms with Crippen LogP contribution in [0.2, 0.25) is 5.02 Å². The largest absolute Gasteiger partial charge is 0.324 e. The number of hydrogen-bond acceptors (Lipinski definition) is 5. The number of carbonyl (C=O) groups is 2. The zero-order valence-electron chi connectivity index (χ0n) is 16.7. The van der Waals surface area contributed by atoms with Gasteiger partial charge in [-0.2, -0.15) is 0 Å². The molecule has 2 aliphatic heterocycles. The average molecular weight is 461 g/mol. The van der Waals surface area contributed by atoms with Crippen LogP contribution in [0.4, 0.5) is 11.4 Å². The molecule has 0 radical (unpaired) electrons. The number of nitrogens with one attached hydrogen (secondary N) is 1. The van der Waals surface area contributed by atoms with Crippen molar-refractivity contribution in [2.75, 3.05) is 11.1 Å². The summed E-state index contributed by atoms with van der Waals surface area (Å²) in [5.74, 6) is 0.204. The van der Waals surface area contributed by atoms with E-state index in [1.807, 2.05) is 54.6 Å². The van der Waals surface area contributed by atoms with Crippen molar-refractivity contribution in [2.24, 2.45) is 9.98 Å². The molecule has 0 unspecified atom stereocenters. The van der Waals surface area contributed by atoms with Gasteiger partial charge >= 0.3 is 0 Å². The van der Waals surface area contributed by atoms with Gasteiger partial charge in [-0.15, -0.1) is 0 Å². The van der Waals surface area contributed by atoms with Gasteiger partial charge in [0.05, 0.1) is 22.2 Å². The fourth-order valence-corrected chi connectivity index (χ4v) is 4.56. The highest BCUT2D eigenvalue weighted by Crippen LogP contribution is 2.37. The summed E-state index contributed by atoms with van der Waals surface area (Å²) in [6.45, 7) is 0. The van der Waals surface area contributed by atoms with Crippen molar-refractivity contribution in [1.82, 2.24) is 4.90 Å². The summed E-state index contributed by atoms with van der Waals surface area (Å²) < 4.78 is 0. The van der Waals surface area contributed by atoms with Gasteiger partial charge in [0.1, 0.15) is 5.84 Å². The maximum Gasteiger partial charge on any atom is 0.263 e. The highest BCUT2D eigenvalue weighted by Gasteiger charge is 2.42. The van der Waals surface area contributed by atoms with Crippen LogP contribution in [-0.2, 0) is 9.59 Å². The molecule has 0 bridgehead atoms. The second-order valence-electron chi connectivity index (χ2n) is 7.17. The maximum atomic E-state index is 13.3. The van der Waals surface area contributed by atoms with Gasteiger partial charge in [0.25, 0.3) is 5.91 Å². The molecular formula is C24H17ClN4O2S. The molecule has 158 valence electrons. The first-order chi connectivity index (χ1) is 15.6. The average Bonchev–Trinajstić information content (AvgIpc) is 3.17. The van der Waals surface area contributed by atoms with Crippen molar-refractivity contribution in [2.45, 2.75) is 6.04 Å². The molecule has 0 aromatic heterocycles. The molecule has 6 nitrogen and oxygen atoms in total. The molecule has 0 saturated carbocycles. The first-order valence-corrected chi connectivity index (χ1v) is 11.3. The van der Waals surface area contributed by atoms with Crippen LogP contribution in [0.25, 0.3) is 0 Å². The number of hydrogen-bond donors (Lipinski definition) is 1. The number of para-hydroxylation sites is 2. The predicted octanol–water partition coefficient (Wildman–Crippen LogP) is 5.04. The Morgan fingerprint density at radius 2 is 1.72 bits per heavy atom. The maximum absolute atomic E-state index is 13.3. The lowest BCUT2D eigenvalue weighted by Crippen LogP contribution is -2.40. The Bertz CT molecular complexity index is 1280. The van der Waals surface area contributed by atoms with Gasteiger partial charge in [0, 0.05) is 5.56 Å². The van der Waals surface area contributed by atoms with Crippen LogP contribution in [-0.4, -0.2) is 33.5 Å². The number of anilines is 1. The molecule has 0 fully saturated rings. The first kappa shape index (κ1) is 20.5. The van der Waals surface area contributed by atoms with E-state index in [0.29, 0.717) is 21.7 Å². The van der Waals surface area contributed by atoms with Crippen molar-refractivity contribution in [3.8, 4) is 0 Å². The van der Waals surface area contributed by atoms with Crippen LogP contribution >= 0.6 is 23.4 Å². The normalized spacial score (nSPS) is 16.7. The molecule has 32 heavy (non-hydrogen) atoms. The zero-order chi connectivity index (χ0) is 22.1. The van der Waals surface area contributed by atoms with Gasteiger partial charge in [0.15, 0.2) is 11.2 Å². The van der Waals surface area contributed by atoms with E-state index < -0.39 is 6.04 Å². The summed E-state index contributed by atoms with van der Waals surface area (Å²) in [7, 11) is 0. The summed E-state index contributed by atoms with van der Waals surface area (Å²) in [6.07, 6.45) is 0. The molecule has 2 amide bonds. The molecule has 0 spiro atoms. The lowest BCUT2D eigenvalue weighted by molar-refractivity contribution is -0.124. The van der Waals surface area contributed by atoms with E-state index in [-0.39, 0.29) is 17.6 Å². The van der Waals surface area contributed by atoms with E-state index in [2.05, 4.69) is 10.3 Å². The molecule has 5 rings (SSSR count). The van der Waals surface area contributed by atoms with E-state index >= 15 is 0 Å². The van der Waals surface area contributed by atoms with Crippen molar-refractivity contribution >= 4 is 57.6 Å². The van der Waals surface area contributed by atoms with Gasteiger partial charge in [-0.25, -0.2) is 14.9 Å². The molecule has 0 saturated heterocycles. The number of fused-ring (bicyclic) bond motifs is 3. The number of amidine groups is 2. The summed E-state index contributed by atoms with van der Waals surface area (Å²) >= 11 is 7.32. The van der Waals surface area contributed by atoms with Gasteiger partial charge < -0.3 is 5.32 Å². The highest BCUT2D eigenvalue weighted by molar-refractivity contribution is 8.14. The van der Waals surface area contributed by atoms with E-state index in [0.717, 1.165) is 16.8 Å². The molecule has 1 atom stereocenters. The number of halogens is 1. The first-order valence-electron chi connectivity index (χ1n) is 9.94. The number of thioether (sulfide) groups is 1. The molecule has 8 heteroatoms. The lowest BCUT2D eigenvalue weighted by atomic mass is 10.1. The predicted molar refractivity (Wildman–Crippen MR) is 129 cm³/mol. The second kappa shape index (κ2) is 8.61. The summed E-state index contributed by atoms with van der Waals surface area (Å²) in [5.41, 5.74) is 2.87. The van der Waals surface area contributed by atoms with Crippen molar-refractivity contribution in [1.29, 1.82) is 0 Å². The van der Waals surface area contributed by atoms with Crippen LogP contribution in [0.1, 0.15) is 17.2 Å². The third kappa shape index (κ3) is 3.81. The highest BCUT2D eigenvalue weighted by atomic mass is 35.5. The minimum Gasteiger partial charge on any atom is -0.324 e. The molecular weight excluding hydrogens is 444 g/mol. The molecule has 3 aromatic rings. The fourth-order valence-electron chi connectivity index (χ4n) is 3.58.